The van der Waals surface area contributed by atoms with Crippen LogP contribution < -0.4 is 9.47 Å². The van der Waals surface area contributed by atoms with E-state index in [0.29, 0.717) is 11.3 Å². The smallest absolute Gasteiger partial charge is 0.164 e. The molecule has 0 spiro atoms. The molecule has 120 valence electrons. The molecule has 2 aromatic carbocycles. The number of benzene rings is 2. The maximum absolute atomic E-state index is 10.7. The standard InChI is InChI=1S/C18H24O4/c1-10(2)15-12-7-11(3)8-14(21-5)16(12)13(9-20-4)17(19)18(15)22-6/h7-8,10,19H,9H2,1-6H3. The second-order valence-electron chi connectivity index (χ2n) is 5.75. The molecule has 0 amide bonds. The minimum absolute atomic E-state index is 0.128. The quantitative estimate of drug-likeness (QED) is 0.902. The molecule has 0 atom stereocenters. The van der Waals surface area contributed by atoms with E-state index in [9.17, 15) is 5.11 Å². The molecule has 0 fully saturated rings. The van der Waals surface area contributed by atoms with Crippen LogP contribution >= 0.6 is 0 Å². The van der Waals surface area contributed by atoms with Crippen molar-refractivity contribution in [3.8, 4) is 17.2 Å². The van der Waals surface area contributed by atoms with Crippen LogP contribution in [0.5, 0.6) is 17.2 Å². The van der Waals surface area contributed by atoms with Crippen LogP contribution in [0.3, 0.4) is 0 Å². The molecule has 0 bridgehead atoms. The summed E-state index contributed by atoms with van der Waals surface area (Å²) in [5.74, 6) is 1.58. The lowest BCUT2D eigenvalue weighted by Gasteiger charge is -2.22. The van der Waals surface area contributed by atoms with Gasteiger partial charge in [0.05, 0.1) is 20.8 Å². The summed E-state index contributed by atoms with van der Waals surface area (Å²) in [7, 11) is 4.83. The molecule has 2 rings (SSSR count). The fourth-order valence-corrected chi connectivity index (χ4v) is 3.01. The van der Waals surface area contributed by atoms with Crippen molar-refractivity contribution in [2.24, 2.45) is 0 Å². The summed E-state index contributed by atoms with van der Waals surface area (Å²) < 4.78 is 16.3. The Hall–Kier alpha value is -1.94. The first kappa shape index (κ1) is 16.4. The molecule has 2 aromatic rings. The van der Waals surface area contributed by atoms with Crippen molar-refractivity contribution < 1.29 is 19.3 Å². The summed E-state index contributed by atoms with van der Waals surface area (Å²) in [5.41, 5.74) is 2.77. The molecular formula is C18H24O4. The van der Waals surface area contributed by atoms with E-state index in [2.05, 4.69) is 19.9 Å². The van der Waals surface area contributed by atoms with E-state index in [4.69, 9.17) is 14.2 Å². The molecule has 0 aromatic heterocycles. The SMILES string of the molecule is COCc1c(O)c(OC)c(C(C)C)c2cc(C)cc(OC)c12. The first-order valence-corrected chi connectivity index (χ1v) is 7.35. The maximum atomic E-state index is 10.7. The summed E-state index contributed by atoms with van der Waals surface area (Å²) in [6.07, 6.45) is 0. The van der Waals surface area contributed by atoms with Gasteiger partial charge in [-0.15, -0.1) is 0 Å². The number of methoxy groups -OCH3 is 3. The van der Waals surface area contributed by atoms with Crippen molar-refractivity contribution in [1.29, 1.82) is 0 Å². The molecule has 0 saturated carbocycles. The van der Waals surface area contributed by atoms with E-state index in [1.165, 1.54) is 0 Å². The van der Waals surface area contributed by atoms with Crippen molar-refractivity contribution in [1.82, 2.24) is 0 Å². The topological polar surface area (TPSA) is 47.9 Å². The van der Waals surface area contributed by atoms with E-state index < -0.39 is 0 Å². The number of phenolic OH excluding ortho intramolecular Hbond substituents is 1. The highest BCUT2D eigenvalue weighted by Crippen LogP contribution is 2.47. The van der Waals surface area contributed by atoms with Gasteiger partial charge >= 0.3 is 0 Å². The minimum atomic E-state index is 0.128. The first-order chi connectivity index (χ1) is 10.5. The Morgan fingerprint density at radius 1 is 1.09 bits per heavy atom. The Kier molecular flexibility index (Phi) is 4.81. The number of phenols is 1. The molecule has 1 N–H and O–H groups in total. The second-order valence-corrected chi connectivity index (χ2v) is 5.75. The zero-order chi connectivity index (χ0) is 16.4. The molecule has 0 aliphatic carbocycles. The highest BCUT2D eigenvalue weighted by atomic mass is 16.5. The highest BCUT2D eigenvalue weighted by Gasteiger charge is 2.24. The Balaban J connectivity index is 3.05. The molecule has 4 heteroatoms. The summed E-state index contributed by atoms with van der Waals surface area (Å²) in [6, 6.07) is 4.08. The van der Waals surface area contributed by atoms with Gasteiger partial charge in [0.2, 0.25) is 0 Å². The first-order valence-electron chi connectivity index (χ1n) is 7.35. The van der Waals surface area contributed by atoms with Crippen LogP contribution in [-0.4, -0.2) is 26.4 Å². The Bertz CT molecular complexity index is 690. The van der Waals surface area contributed by atoms with Crippen molar-refractivity contribution in [2.75, 3.05) is 21.3 Å². The molecule has 0 unspecified atom stereocenters. The number of aromatic hydroxyl groups is 1. The molecule has 0 aliphatic heterocycles. The summed E-state index contributed by atoms with van der Waals surface area (Å²) in [4.78, 5) is 0. The fraction of sp³-hybridized carbons (Fsp3) is 0.444. The Morgan fingerprint density at radius 2 is 1.77 bits per heavy atom. The molecular weight excluding hydrogens is 280 g/mol. The van der Waals surface area contributed by atoms with Crippen LogP contribution in [0.1, 0.15) is 36.5 Å². The van der Waals surface area contributed by atoms with Gasteiger partial charge in [-0.25, -0.2) is 0 Å². The van der Waals surface area contributed by atoms with Crippen LogP contribution in [0.25, 0.3) is 10.8 Å². The van der Waals surface area contributed by atoms with Gasteiger partial charge in [0.1, 0.15) is 5.75 Å². The molecule has 4 nitrogen and oxygen atoms in total. The summed E-state index contributed by atoms with van der Waals surface area (Å²) in [6.45, 7) is 6.49. The largest absolute Gasteiger partial charge is 0.504 e. The monoisotopic (exact) mass is 304 g/mol. The number of hydrogen-bond acceptors (Lipinski definition) is 4. The average Bonchev–Trinajstić information content (AvgIpc) is 2.48. The van der Waals surface area contributed by atoms with Gasteiger partial charge in [-0.1, -0.05) is 19.9 Å². The lowest BCUT2D eigenvalue weighted by atomic mass is 9.90. The Morgan fingerprint density at radius 3 is 2.27 bits per heavy atom. The molecule has 0 aliphatic rings. The average molecular weight is 304 g/mol. The van der Waals surface area contributed by atoms with Crippen LogP contribution in [0.15, 0.2) is 12.1 Å². The van der Waals surface area contributed by atoms with Gasteiger partial charge in [-0.2, -0.15) is 0 Å². The predicted octanol–water partition coefficient (Wildman–Crippen LogP) is 4.14. The number of ether oxygens (including phenoxy) is 3. The van der Waals surface area contributed by atoms with Gasteiger partial charge in [-0.05, 0) is 29.9 Å². The third-order valence-electron chi connectivity index (χ3n) is 3.87. The highest BCUT2D eigenvalue weighted by molar-refractivity contribution is 5.98. The van der Waals surface area contributed by atoms with E-state index in [-0.39, 0.29) is 18.3 Å². The number of hydrogen-bond donors (Lipinski definition) is 1. The number of rotatable bonds is 5. The molecule has 0 heterocycles. The summed E-state index contributed by atoms with van der Waals surface area (Å²) in [5, 5.41) is 12.6. The van der Waals surface area contributed by atoms with Crippen molar-refractivity contribution in [3.63, 3.8) is 0 Å². The predicted molar refractivity (Wildman–Crippen MR) is 88.3 cm³/mol. The molecule has 0 saturated heterocycles. The van der Waals surface area contributed by atoms with Gasteiger partial charge in [0, 0.05) is 23.6 Å². The van der Waals surface area contributed by atoms with E-state index in [1.54, 1.807) is 21.3 Å². The zero-order valence-corrected chi connectivity index (χ0v) is 14.1. The number of fused-ring (bicyclic) bond motifs is 1. The van der Waals surface area contributed by atoms with E-state index >= 15 is 0 Å². The van der Waals surface area contributed by atoms with E-state index in [0.717, 1.165) is 27.6 Å². The van der Waals surface area contributed by atoms with Crippen molar-refractivity contribution in [2.45, 2.75) is 33.3 Å². The third kappa shape index (κ3) is 2.59. The van der Waals surface area contributed by atoms with Crippen LogP contribution in [0.4, 0.5) is 0 Å². The van der Waals surface area contributed by atoms with Crippen LogP contribution in [0.2, 0.25) is 0 Å². The van der Waals surface area contributed by atoms with Gasteiger partial charge < -0.3 is 19.3 Å². The third-order valence-corrected chi connectivity index (χ3v) is 3.87. The summed E-state index contributed by atoms with van der Waals surface area (Å²) >= 11 is 0. The van der Waals surface area contributed by atoms with E-state index in [1.807, 2.05) is 13.0 Å². The molecule has 22 heavy (non-hydrogen) atoms. The fourth-order valence-electron chi connectivity index (χ4n) is 3.01. The van der Waals surface area contributed by atoms with Crippen LogP contribution in [0, 0.1) is 6.92 Å². The van der Waals surface area contributed by atoms with Crippen LogP contribution in [-0.2, 0) is 11.3 Å². The van der Waals surface area contributed by atoms with Crippen molar-refractivity contribution in [3.05, 3.63) is 28.8 Å². The van der Waals surface area contributed by atoms with Gasteiger partial charge in [0.25, 0.3) is 0 Å². The normalized spacial score (nSPS) is 11.2. The van der Waals surface area contributed by atoms with Crippen molar-refractivity contribution >= 4 is 10.8 Å². The van der Waals surface area contributed by atoms with Gasteiger partial charge in [0.15, 0.2) is 11.5 Å². The lowest BCUT2D eigenvalue weighted by molar-refractivity contribution is 0.182. The molecule has 0 radical (unpaired) electrons. The lowest BCUT2D eigenvalue weighted by Crippen LogP contribution is -2.03. The number of aryl methyl sites for hydroxylation is 1. The van der Waals surface area contributed by atoms with Gasteiger partial charge in [-0.3, -0.25) is 0 Å². The second kappa shape index (κ2) is 6.44. The zero-order valence-electron chi connectivity index (χ0n) is 14.1. The minimum Gasteiger partial charge on any atom is -0.504 e. The maximum Gasteiger partial charge on any atom is 0.164 e. The Labute approximate surface area is 131 Å².